The molecule has 5 heteroatoms. The molecule has 2 amide bonds. The number of ether oxygens (including phenoxy) is 1. The van der Waals surface area contributed by atoms with E-state index < -0.39 is 6.10 Å². The largest absolute Gasteiger partial charge is 0.481 e. The van der Waals surface area contributed by atoms with Crippen LogP contribution in [0, 0.1) is 0 Å². The Morgan fingerprint density at radius 3 is 2.17 bits per heavy atom. The summed E-state index contributed by atoms with van der Waals surface area (Å²) in [5.74, 6) is 0.0878. The van der Waals surface area contributed by atoms with E-state index in [1.807, 2.05) is 55.5 Å². The first kappa shape index (κ1) is 20.1. The van der Waals surface area contributed by atoms with Gasteiger partial charge in [0.2, 0.25) is 0 Å². The van der Waals surface area contributed by atoms with Crippen LogP contribution in [-0.4, -0.2) is 17.9 Å². The maximum atomic E-state index is 12.7. The van der Waals surface area contributed by atoms with Gasteiger partial charge in [-0.3, -0.25) is 9.59 Å². The van der Waals surface area contributed by atoms with Crippen molar-refractivity contribution in [3.63, 3.8) is 0 Å². The SMILES string of the molecule is CCC(Oc1ccccc1)C(=O)Nc1ccccc1C(=O)NCc1ccccc1. The molecule has 0 fully saturated rings. The van der Waals surface area contributed by atoms with Crippen LogP contribution in [0.2, 0.25) is 0 Å². The number of carbonyl (C=O) groups excluding carboxylic acids is 2. The third-order valence-electron chi connectivity index (χ3n) is 4.41. The van der Waals surface area contributed by atoms with Gasteiger partial charge in [-0.05, 0) is 36.2 Å². The summed E-state index contributed by atoms with van der Waals surface area (Å²) >= 11 is 0. The summed E-state index contributed by atoms with van der Waals surface area (Å²) in [6.07, 6.45) is -0.152. The van der Waals surface area contributed by atoms with E-state index in [2.05, 4.69) is 10.6 Å². The van der Waals surface area contributed by atoms with Gasteiger partial charge in [-0.2, -0.15) is 0 Å². The van der Waals surface area contributed by atoms with Crippen LogP contribution in [-0.2, 0) is 11.3 Å². The molecule has 2 N–H and O–H groups in total. The lowest BCUT2D eigenvalue weighted by molar-refractivity contribution is -0.122. The monoisotopic (exact) mass is 388 g/mol. The van der Waals surface area contributed by atoms with Crippen molar-refractivity contribution in [1.82, 2.24) is 5.32 Å². The normalized spacial score (nSPS) is 11.3. The summed E-state index contributed by atoms with van der Waals surface area (Å²) in [7, 11) is 0. The number of hydrogen-bond donors (Lipinski definition) is 2. The van der Waals surface area contributed by atoms with Gasteiger partial charge in [0.1, 0.15) is 5.75 Å². The van der Waals surface area contributed by atoms with Crippen LogP contribution in [0.3, 0.4) is 0 Å². The zero-order chi connectivity index (χ0) is 20.5. The second-order valence-electron chi connectivity index (χ2n) is 6.53. The molecule has 0 radical (unpaired) electrons. The Morgan fingerprint density at radius 2 is 1.48 bits per heavy atom. The third-order valence-corrected chi connectivity index (χ3v) is 4.41. The first-order valence-corrected chi connectivity index (χ1v) is 9.61. The summed E-state index contributed by atoms with van der Waals surface area (Å²) in [4.78, 5) is 25.4. The van der Waals surface area contributed by atoms with Crippen molar-refractivity contribution in [3.8, 4) is 5.75 Å². The van der Waals surface area contributed by atoms with Gasteiger partial charge in [0.05, 0.1) is 11.3 Å². The van der Waals surface area contributed by atoms with Gasteiger partial charge >= 0.3 is 0 Å². The van der Waals surface area contributed by atoms with E-state index in [-0.39, 0.29) is 11.8 Å². The molecule has 3 aromatic carbocycles. The van der Waals surface area contributed by atoms with Crippen molar-refractivity contribution >= 4 is 17.5 Å². The fourth-order valence-electron chi connectivity index (χ4n) is 2.86. The first-order valence-electron chi connectivity index (χ1n) is 9.61. The molecule has 0 heterocycles. The van der Waals surface area contributed by atoms with Gasteiger partial charge in [0, 0.05) is 6.54 Å². The lowest BCUT2D eigenvalue weighted by atomic mass is 10.1. The minimum atomic E-state index is -0.655. The molecular weight excluding hydrogens is 364 g/mol. The smallest absolute Gasteiger partial charge is 0.265 e. The minimum Gasteiger partial charge on any atom is -0.481 e. The summed E-state index contributed by atoms with van der Waals surface area (Å²) in [5, 5.41) is 5.73. The molecule has 0 aliphatic heterocycles. The first-order chi connectivity index (χ1) is 14.2. The average molecular weight is 388 g/mol. The van der Waals surface area contributed by atoms with Gasteiger partial charge in [0.15, 0.2) is 6.10 Å². The Hall–Kier alpha value is -3.60. The van der Waals surface area contributed by atoms with Crippen molar-refractivity contribution in [1.29, 1.82) is 0 Å². The zero-order valence-corrected chi connectivity index (χ0v) is 16.3. The highest BCUT2D eigenvalue weighted by atomic mass is 16.5. The second-order valence-corrected chi connectivity index (χ2v) is 6.53. The highest BCUT2D eigenvalue weighted by Gasteiger charge is 2.21. The molecule has 0 aliphatic carbocycles. The van der Waals surface area contributed by atoms with Gasteiger partial charge < -0.3 is 15.4 Å². The van der Waals surface area contributed by atoms with Gasteiger partial charge in [-0.25, -0.2) is 0 Å². The molecule has 148 valence electrons. The number of rotatable bonds is 8. The van der Waals surface area contributed by atoms with Gasteiger partial charge in [-0.1, -0.05) is 67.6 Å². The predicted molar refractivity (Wildman–Crippen MR) is 114 cm³/mol. The maximum Gasteiger partial charge on any atom is 0.265 e. The molecule has 1 unspecified atom stereocenters. The highest BCUT2D eigenvalue weighted by Crippen LogP contribution is 2.18. The Labute approximate surface area is 170 Å². The molecule has 0 saturated heterocycles. The molecule has 0 spiro atoms. The summed E-state index contributed by atoms with van der Waals surface area (Å²) in [5.41, 5.74) is 1.87. The molecule has 0 bridgehead atoms. The molecule has 3 aromatic rings. The number of nitrogens with one attached hydrogen (secondary N) is 2. The number of anilines is 1. The quantitative estimate of drug-likeness (QED) is 0.601. The summed E-state index contributed by atoms with van der Waals surface area (Å²) in [6.45, 7) is 2.29. The maximum absolute atomic E-state index is 12.7. The summed E-state index contributed by atoms with van der Waals surface area (Å²) < 4.78 is 5.79. The van der Waals surface area contributed by atoms with E-state index in [4.69, 9.17) is 4.74 Å². The van der Waals surface area contributed by atoms with Crippen LogP contribution in [0.4, 0.5) is 5.69 Å². The molecule has 1 atom stereocenters. The van der Waals surface area contributed by atoms with Crippen LogP contribution in [0.5, 0.6) is 5.75 Å². The van der Waals surface area contributed by atoms with E-state index in [9.17, 15) is 9.59 Å². The molecule has 0 saturated carbocycles. The van der Waals surface area contributed by atoms with Crippen molar-refractivity contribution in [2.75, 3.05) is 5.32 Å². The Morgan fingerprint density at radius 1 is 0.862 bits per heavy atom. The van der Waals surface area contributed by atoms with Crippen molar-refractivity contribution in [2.24, 2.45) is 0 Å². The van der Waals surface area contributed by atoms with Crippen LogP contribution < -0.4 is 15.4 Å². The van der Waals surface area contributed by atoms with E-state index in [0.29, 0.717) is 30.0 Å². The van der Waals surface area contributed by atoms with Crippen molar-refractivity contribution in [3.05, 3.63) is 96.1 Å². The minimum absolute atomic E-state index is 0.248. The average Bonchev–Trinajstić information content (AvgIpc) is 2.77. The number of benzene rings is 3. The molecule has 0 aromatic heterocycles. The van der Waals surface area contributed by atoms with E-state index >= 15 is 0 Å². The van der Waals surface area contributed by atoms with Crippen LogP contribution in [0.15, 0.2) is 84.9 Å². The van der Waals surface area contributed by atoms with Crippen LogP contribution in [0.1, 0.15) is 29.3 Å². The number of carbonyl (C=O) groups is 2. The fourth-order valence-corrected chi connectivity index (χ4v) is 2.86. The van der Waals surface area contributed by atoms with Gasteiger partial charge in [-0.15, -0.1) is 0 Å². The van der Waals surface area contributed by atoms with Crippen LogP contribution >= 0.6 is 0 Å². The predicted octanol–water partition coefficient (Wildman–Crippen LogP) is 4.41. The van der Waals surface area contributed by atoms with E-state index in [1.165, 1.54) is 0 Å². The fraction of sp³-hybridized carbons (Fsp3) is 0.167. The molecule has 0 aliphatic rings. The Kier molecular flexibility index (Phi) is 7.00. The number of para-hydroxylation sites is 2. The molecule has 5 nitrogen and oxygen atoms in total. The topological polar surface area (TPSA) is 67.4 Å². The van der Waals surface area contributed by atoms with Crippen molar-refractivity contribution in [2.45, 2.75) is 26.0 Å². The lowest BCUT2D eigenvalue weighted by Crippen LogP contribution is -2.33. The van der Waals surface area contributed by atoms with E-state index in [0.717, 1.165) is 5.56 Å². The molecular formula is C24H24N2O3. The van der Waals surface area contributed by atoms with E-state index in [1.54, 1.807) is 36.4 Å². The summed E-state index contributed by atoms with van der Waals surface area (Å²) in [6, 6.07) is 25.8. The highest BCUT2D eigenvalue weighted by molar-refractivity contribution is 6.04. The molecule has 29 heavy (non-hydrogen) atoms. The Balaban J connectivity index is 1.67. The lowest BCUT2D eigenvalue weighted by Gasteiger charge is -2.18. The third kappa shape index (κ3) is 5.69. The standard InChI is InChI=1S/C24H24N2O3/c1-2-22(29-19-13-7-4-8-14-19)24(28)26-21-16-10-9-15-20(21)23(27)25-17-18-11-5-3-6-12-18/h3-16,22H,2,17H2,1H3,(H,25,27)(H,26,28). The van der Waals surface area contributed by atoms with Crippen LogP contribution in [0.25, 0.3) is 0 Å². The number of amides is 2. The van der Waals surface area contributed by atoms with Crippen molar-refractivity contribution < 1.29 is 14.3 Å². The van der Waals surface area contributed by atoms with Gasteiger partial charge in [0.25, 0.3) is 11.8 Å². The Bertz CT molecular complexity index is 943. The number of hydrogen-bond acceptors (Lipinski definition) is 3. The zero-order valence-electron chi connectivity index (χ0n) is 16.3. The second kappa shape index (κ2) is 10.1. The molecule has 3 rings (SSSR count).